The van der Waals surface area contributed by atoms with Crippen LogP contribution in [-0.4, -0.2) is 9.13 Å². The Balaban J connectivity index is 0.00000176. The second-order valence-corrected chi connectivity index (χ2v) is 7.34. The van der Waals surface area contributed by atoms with Gasteiger partial charge in [-0.05, 0) is 44.2 Å². The summed E-state index contributed by atoms with van der Waals surface area (Å²) < 4.78 is 15.6. The highest BCUT2D eigenvalue weighted by atomic mass is 32.2. The molecular weight excluding hydrogens is 380 g/mol. The third-order valence-electron chi connectivity index (χ3n) is 3.12. The normalized spacial score (nSPS) is 12.2. The number of nitrogens with zero attached hydrogens (tertiary/aromatic N) is 1. The highest BCUT2D eigenvalue weighted by Gasteiger charge is 2.12. The maximum Gasteiger partial charge on any atom is 0.269 e. The number of allylic oxidation sites excluding steroid dienone is 4. The predicted octanol–water partition coefficient (Wildman–Crippen LogP) is 5.86. The Labute approximate surface area is 167 Å². The fourth-order valence-electron chi connectivity index (χ4n) is 1.93. The van der Waals surface area contributed by atoms with Crippen LogP contribution in [0, 0.1) is 10.1 Å². The average molecular weight is 405 g/mol. The number of nitrogens with one attached hydrogen (secondary N) is 1. The van der Waals surface area contributed by atoms with E-state index in [4.69, 9.17) is 0 Å². The molecule has 1 unspecified atom stereocenters. The van der Waals surface area contributed by atoms with Gasteiger partial charge in [0.1, 0.15) is 0 Å². The van der Waals surface area contributed by atoms with Crippen molar-refractivity contribution in [1.82, 2.24) is 4.72 Å². The van der Waals surface area contributed by atoms with Crippen molar-refractivity contribution < 1.29 is 9.13 Å². The summed E-state index contributed by atoms with van der Waals surface area (Å²) in [6.45, 7) is 7.76. The Morgan fingerprint density at radius 3 is 2.37 bits per heavy atom. The lowest BCUT2D eigenvalue weighted by molar-refractivity contribution is -0.384. The minimum atomic E-state index is -1.40. The van der Waals surface area contributed by atoms with Gasteiger partial charge in [-0.2, -0.15) is 0 Å². The molecule has 1 atom stereocenters. The molecular formula is C20H24N2O3S2. The highest BCUT2D eigenvalue weighted by molar-refractivity contribution is 8.00. The second kappa shape index (κ2) is 12.1. The van der Waals surface area contributed by atoms with Gasteiger partial charge in [0.15, 0.2) is 11.0 Å². The molecule has 7 heteroatoms. The van der Waals surface area contributed by atoms with Gasteiger partial charge in [0.2, 0.25) is 0 Å². The SMILES string of the molecule is C/C=C\C=C(/C)NS(=O)c1ccccc1Sc1ccc([N+](=O)[O-])cc1.CC. The van der Waals surface area contributed by atoms with E-state index in [9.17, 15) is 14.3 Å². The predicted molar refractivity (Wildman–Crippen MR) is 113 cm³/mol. The molecule has 1 N–H and O–H groups in total. The van der Waals surface area contributed by atoms with E-state index < -0.39 is 15.9 Å². The zero-order chi connectivity index (χ0) is 20.2. The van der Waals surface area contributed by atoms with Crippen LogP contribution in [0.1, 0.15) is 27.7 Å². The van der Waals surface area contributed by atoms with Crippen LogP contribution in [0.25, 0.3) is 0 Å². The summed E-state index contributed by atoms with van der Waals surface area (Å²) in [7, 11) is -1.40. The first-order valence-corrected chi connectivity index (χ1v) is 10.5. The van der Waals surface area contributed by atoms with Crippen molar-refractivity contribution in [1.29, 1.82) is 0 Å². The van der Waals surface area contributed by atoms with Gasteiger partial charge in [-0.1, -0.05) is 49.9 Å². The molecule has 0 amide bonds. The molecule has 27 heavy (non-hydrogen) atoms. The standard InChI is InChI=1S/C18H18N2O3S2.C2H6/c1-3-4-7-14(2)19-25(23)18-9-6-5-8-17(18)24-16-12-10-15(11-13-16)20(21)22;1-2/h3-13,19H,1-2H3;1-2H3/b4-3-,14-7+;. The molecule has 2 aromatic rings. The lowest BCUT2D eigenvalue weighted by Crippen LogP contribution is -2.15. The molecule has 0 fully saturated rings. The summed E-state index contributed by atoms with van der Waals surface area (Å²) in [5.74, 6) is 0. The number of non-ortho nitro benzene ring substituents is 1. The first kappa shape index (κ1) is 22.7. The van der Waals surface area contributed by atoms with Crippen LogP contribution in [0.2, 0.25) is 0 Å². The van der Waals surface area contributed by atoms with Crippen molar-refractivity contribution in [3.8, 4) is 0 Å². The van der Waals surface area contributed by atoms with Gasteiger partial charge in [-0.15, -0.1) is 0 Å². The number of rotatable bonds is 7. The van der Waals surface area contributed by atoms with Gasteiger partial charge in [0.25, 0.3) is 5.69 Å². The first-order valence-electron chi connectivity index (χ1n) is 8.50. The lowest BCUT2D eigenvalue weighted by atomic mass is 10.3. The van der Waals surface area contributed by atoms with Gasteiger partial charge < -0.3 is 4.72 Å². The maximum atomic E-state index is 12.6. The first-order chi connectivity index (χ1) is 13.0. The molecule has 0 aliphatic rings. The van der Waals surface area contributed by atoms with E-state index in [2.05, 4.69) is 4.72 Å². The van der Waals surface area contributed by atoms with Crippen LogP contribution in [0.5, 0.6) is 0 Å². The monoisotopic (exact) mass is 404 g/mol. The van der Waals surface area contributed by atoms with Crippen LogP contribution in [0.15, 0.2) is 87.1 Å². The Morgan fingerprint density at radius 2 is 1.78 bits per heavy atom. The van der Waals surface area contributed by atoms with Gasteiger partial charge in [0.05, 0.1) is 9.82 Å². The van der Waals surface area contributed by atoms with E-state index in [0.29, 0.717) is 4.90 Å². The Morgan fingerprint density at radius 1 is 1.15 bits per heavy atom. The van der Waals surface area contributed by atoms with Crippen LogP contribution < -0.4 is 4.72 Å². The molecule has 0 heterocycles. The molecule has 2 rings (SSSR count). The average Bonchev–Trinajstić information content (AvgIpc) is 2.68. The Hall–Kier alpha value is -2.38. The van der Waals surface area contributed by atoms with E-state index >= 15 is 0 Å². The summed E-state index contributed by atoms with van der Waals surface area (Å²) in [5.41, 5.74) is 0.846. The van der Waals surface area contributed by atoms with Crippen molar-refractivity contribution in [2.45, 2.75) is 42.4 Å². The van der Waals surface area contributed by atoms with E-state index in [1.807, 2.05) is 64.1 Å². The number of nitro groups is 1. The van der Waals surface area contributed by atoms with E-state index in [0.717, 1.165) is 15.5 Å². The Bertz CT molecular complexity index is 831. The summed E-state index contributed by atoms with van der Waals surface area (Å²) in [6.07, 6.45) is 5.62. The summed E-state index contributed by atoms with van der Waals surface area (Å²) >= 11 is 1.42. The molecule has 0 saturated carbocycles. The van der Waals surface area contributed by atoms with E-state index in [-0.39, 0.29) is 5.69 Å². The number of nitro benzene ring substituents is 1. The van der Waals surface area contributed by atoms with E-state index in [1.165, 1.54) is 23.9 Å². The van der Waals surface area contributed by atoms with Crippen LogP contribution >= 0.6 is 11.8 Å². The zero-order valence-electron chi connectivity index (χ0n) is 15.8. The number of hydrogen-bond acceptors (Lipinski definition) is 4. The minimum absolute atomic E-state index is 0.0487. The molecule has 2 aromatic carbocycles. The molecule has 0 spiro atoms. The van der Waals surface area contributed by atoms with E-state index in [1.54, 1.807) is 18.2 Å². The zero-order valence-corrected chi connectivity index (χ0v) is 17.5. The maximum absolute atomic E-state index is 12.6. The van der Waals surface area contributed by atoms with Gasteiger partial charge >= 0.3 is 0 Å². The van der Waals surface area contributed by atoms with Crippen LogP contribution in [0.3, 0.4) is 0 Å². The van der Waals surface area contributed by atoms with Gasteiger partial charge in [0, 0.05) is 27.6 Å². The van der Waals surface area contributed by atoms with Gasteiger partial charge in [-0.25, -0.2) is 4.21 Å². The quantitative estimate of drug-likeness (QED) is 0.356. The van der Waals surface area contributed by atoms with Crippen molar-refractivity contribution in [2.24, 2.45) is 0 Å². The van der Waals surface area contributed by atoms with Crippen molar-refractivity contribution in [3.63, 3.8) is 0 Å². The fraction of sp³-hybridized carbons (Fsp3) is 0.200. The van der Waals surface area contributed by atoms with Gasteiger partial charge in [-0.3, -0.25) is 10.1 Å². The topological polar surface area (TPSA) is 72.2 Å². The largest absolute Gasteiger partial charge is 0.305 e. The summed E-state index contributed by atoms with van der Waals surface area (Å²) in [6, 6.07) is 13.7. The van der Waals surface area contributed by atoms with Crippen molar-refractivity contribution in [2.75, 3.05) is 0 Å². The molecule has 0 aliphatic carbocycles. The Kier molecular flexibility index (Phi) is 10.1. The van der Waals surface area contributed by atoms with Crippen molar-refractivity contribution >= 4 is 28.4 Å². The van der Waals surface area contributed by atoms with Crippen LogP contribution in [-0.2, 0) is 11.0 Å². The third kappa shape index (κ3) is 7.40. The van der Waals surface area contributed by atoms with Crippen LogP contribution in [0.4, 0.5) is 5.69 Å². The third-order valence-corrected chi connectivity index (χ3v) is 5.59. The molecule has 144 valence electrons. The second-order valence-electron chi connectivity index (χ2n) is 5.05. The highest BCUT2D eigenvalue weighted by Crippen LogP contribution is 2.32. The number of hydrogen-bond donors (Lipinski definition) is 1. The molecule has 0 saturated heterocycles. The lowest BCUT2D eigenvalue weighted by Gasteiger charge is -2.10. The smallest absolute Gasteiger partial charge is 0.269 e. The molecule has 0 bridgehead atoms. The molecule has 0 aliphatic heterocycles. The minimum Gasteiger partial charge on any atom is -0.305 e. The fourth-order valence-corrected chi connectivity index (χ4v) is 4.04. The number of benzene rings is 2. The van der Waals surface area contributed by atoms with Crippen molar-refractivity contribution in [3.05, 3.63) is 82.6 Å². The summed E-state index contributed by atoms with van der Waals surface area (Å²) in [5, 5.41) is 10.7. The molecule has 5 nitrogen and oxygen atoms in total. The molecule has 0 aromatic heterocycles. The summed E-state index contributed by atoms with van der Waals surface area (Å²) in [4.78, 5) is 12.6. The molecule has 0 radical (unpaired) electrons.